The molecule has 0 unspecified atom stereocenters. The number of aromatic hydroxyl groups is 1. The summed E-state index contributed by atoms with van der Waals surface area (Å²) in [4.78, 5) is 47.5. The second kappa shape index (κ2) is 11.0. The molecule has 0 saturated heterocycles. The van der Waals surface area contributed by atoms with Gasteiger partial charge in [0.2, 0.25) is 0 Å². The highest BCUT2D eigenvalue weighted by atomic mass is 16.5. The number of nitrogens with zero attached hydrogens (tertiary/aromatic N) is 5. The maximum absolute atomic E-state index is 13.5. The molecular formula is C37H30N6O6. The summed E-state index contributed by atoms with van der Waals surface area (Å²) in [6.45, 7) is 2.45. The van der Waals surface area contributed by atoms with Gasteiger partial charge in [0.1, 0.15) is 11.5 Å². The number of aryl methyl sites for hydroxylation is 2. The monoisotopic (exact) mass is 654 g/mol. The van der Waals surface area contributed by atoms with Gasteiger partial charge in [0, 0.05) is 25.2 Å². The second-order valence-corrected chi connectivity index (χ2v) is 11.8. The van der Waals surface area contributed by atoms with Crippen LogP contribution in [-0.2, 0) is 14.1 Å². The van der Waals surface area contributed by atoms with Gasteiger partial charge in [0.05, 0.1) is 69.7 Å². The maximum atomic E-state index is 13.5. The van der Waals surface area contributed by atoms with Crippen LogP contribution in [0.1, 0.15) is 28.4 Å². The molecular weight excluding hydrogens is 624 g/mol. The van der Waals surface area contributed by atoms with E-state index >= 15 is 0 Å². The van der Waals surface area contributed by atoms with E-state index in [0.29, 0.717) is 74.1 Å². The van der Waals surface area contributed by atoms with Crippen LogP contribution in [0.5, 0.6) is 17.4 Å². The number of fused-ring (bicyclic) bond motifs is 3. The van der Waals surface area contributed by atoms with Gasteiger partial charge in [-0.2, -0.15) is 0 Å². The Bertz CT molecular complexity index is 2630. The van der Waals surface area contributed by atoms with Crippen molar-refractivity contribution in [3.63, 3.8) is 0 Å². The van der Waals surface area contributed by atoms with E-state index in [-0.39, 0.29) is 28.4 Å². The Morgan fingerprint density at radius 3 is 1.78 bits per heavy atom. The van der Waals surface area contributed by atoms with E-state index in [4.69, 9.17) is 9.47 Å². The Hall–Kier alpha value is -6.56. The Morgan fingerprint density at radius 1 is 0.694 bits per heavy atom. The predicted octanol–water partition coefficient (Wildman–Crippen LogP) is 5.07. The van der Waals surface area contributed by atoms with Crippen molar-refractivity contribution < 1.29 is 19.4 Å². The molecule has 0 radical (unpaired) electrons. The van der Waals surface area contributed by atoms with Crippen LogP contribution in [0.2, 0.25) is 0 Å². The highest BCUT2D eigenvalue weighted by molar-refractivity contribution is 6.30. The molecule has 12 nitrogen and oxygen atoms in total. The average molecular weight is 655 g/mol. The van der Waals surface area contributed by atoms with E-state index < -0.39 is 5.91 Å². The van der Waals surface area contributed by atoms with Crippen molar-refractivity contribution >= 4 is 33.7 Å². The van der Waals surface area contributed by atoms with Crippen LogP contribution in [0.15, 0.2) is 99.5 Å². The summed E-state index contributed by atoms with van der Waals surface area (Å²) in [5.74, 6) is 0.669. The van der Waals surface area contributed by atoms with Gasteiger partial charge in [0.25, 0.3) is 5.91 Å². The zero-order valence-corrected chi connectivity index (χ0v) is 27.0. The summed E-state index contributed by atoms with van der Waals surface area (Å²) in [5.41, 5.74) is 5.85. The molecule has 0 spiro atoms. The smallest absolute Gasteiger partial charge is 0.333 e. The number of imidazole rings is 2. The highest BCUT2D eigenvalue weighted by Gasteiger charge is 2.34. The van der Waals surface area contributed by atoms with Crippen LogP contribution in [0.25, 0.3) is 44.7 Å². The molecule has 4 aromatic carbocycles. The number of ether oxygens (including phenoxy) is 2. The number of carbonyl (C=O) groups excluding carboxylic acids is 1. The molecule has 1 aliphatic heterocycles. The number of hydrogen-bond donors (Lipinski definition) is 2. The first-order chi connectivity index (χ1) is 23.7. The Morgan fingerprint density at radius 2 is 1.22 bits per heavy atom. The van der Waals surface area contributed by atoms with Crippen molar-refractivity contribution in [1.82, 2.24) is 23.3 Å². The van der Waals surface area contributed by atoms with E-state index in [0.717, 1.165) is 0 Å². The number of rotatable bonds is 7. The molecule has 0 saturated carbocycles. The number of aromatic amines is 1. The quantitative estimate of drug-likeness (QED) is 0.246. The SMILES string of the molecule is CCOc1ccc(-n2c(=O)n(C)c3cc(C4=NC(=O)c5c(-c6ccc7c(c6)n(C)c(=O)n7-c6ccc(OC)cc6)[nH]c(O)c54)ccc32)cc1. The van der Waals surface area contributed by atoms with Crippen LogP contribution in [0.4, 0.5) is 0 Å². The lowest BCUT2D eigenvalue weighted by Gasteiger charge is -2.07. The minimum absolute atomic E-state index is 0.208. The number of aliphatic imine (C=N–C) groups is 1. The third-order valence-corrected chi connectivity index (χ3v) is 9.05. The number of amides is 1. The van der Waals surface area contributed by atoms with Crippen molar-refractivity contribution in [2.75, 3.05) is 13.7 Å². The number of hydrogen-bond acceptors (Lipinski definition) is 6. The molecule has 49 heavy (non-hydrogen) atoms. The fraction of sp³-hybridized carbons (Fsp3) is 0.135. The molecule has 8 rings (SSSR count). The summed E-state index contributed by atoms with van der Waals surface area (Å²) >= 11 is 0. The molecule has 2 N–H and O–H groups in total. The van der Waals surface area contributed by atoms with Crippen molar-refractivity contribution in [2.24, 2.45) is 19.1 Å². The molecule has 0 atom stereocenters. The first kappa shape index (κ1) is 29.8. The van der Waals surface area contributed by atoms with E-state index in [9.17, 15) is 19.5 Å². The van der Waals surface area contributed by atoms with Crippen molar-refractivity contribution in [2.45, 2.75) is 6.92 Å². The van der Waals surface area contributed by atoms with Gasteiger partial charge in [-0.25, -0.2) is 14.6 Å². The number of benzene rings is 4. The predicted molar refractivity (Wildman–Crippen MR) is 186 cm³/mol. The van der Waals surface area contributed by atoms with Crippen LogP contribution >= 0.6 is 0 Å². The van der Waals surface area contributed by atoms with Crippen LogP contribution in [0.3, 0.4) is 0 Å². The molecule has 3 aromatic heterocycles. The zero-order valence-electron chi connectivity index (χ0n) is 27.0. The van der Waals surface area contributed by atoms with Gasteiger partial charge in [0.15, 0.2) is 5.88 Å². The molecule has 12 heteroatoms. The van der Waals surface area contributed by atoms with E-state index in [2.05, 4.69) is 9.98 Å². The summed E-state index contributed by atoms with van der Waals surface area (Å²) in [5, 5.41) is 11.2. The standard InChI is InChI=1S/C37H30N6O6/c1-5-49-25-14-10-23(11-15-25)43-27-17-7-21(19-29(27)41(3)37(43)47)33-31-30(34(44)39-33)32(38-35(31)45)20-6-16-26-28(18-20)40(2)36(46)42(26)22-8-12-24(48-4)13-9-22/h6-19,38,45H,5H2,1-4H3. The number of methoxy groups -OCH3 is 1. The highest BCUT2D eigenvalue weighted by Crippen LogP contribution is 2.39. The van der Waals surface area contributed by atoms with Gasteiger partial charge in [-0.3, -0.25) is 23.1 Å². The molecule has 0 bridgehead atoms. The third-order valence-electron chi connectivity index (χ3n) is 9.05. The summed E-state index contributed by atoms with van der Waals surface area (Å²) < 4.78 is 17.1. The Labute approximate surface area is 278 Å². The lowest BCUT2D eigenvalue weighted by atomic mass is 9.99. The summed E-state index contributed by atoms with van der Waals surface area (Å²) in [6.07, 6.45) is 0. The summed E-state index contributed by atoms with van der Waals surface area (Å²) in [7, 11) is 4.95. The molecule has 244 valence electrons. The fourth-order valence-corrected chi connectivity index (χ4v) is 6.64. The normalized spacial score (nSPS) is 12.6. The van der Waals surface area contributed by atoms with Crippen LogP contribution in [0, 0.1) is 0 Å². The molecule has 1 amide bonds. The van der Waals surface area contributed by atoms with Gasteiger partial charge < -0.3 is 19.6 Å². The van der Waals surface area contributed by atoms with E-state index in [1.165, 1.54) is 9.13 Å². The lowest BCUT2D eigenvalue weighted by Crippen LogP contribution is -2.20. The zero-order chi connectivity index (χ0) is 34.1. The van der Waals surface area contributed by atoms with Gasteiger partial charge in [-0.15, -0.1) is 0 Å². The molecule has 0 aliphatic carbocycles. The van der Waals surface area contributed by atoms with Crippen LogP contribution in [-0.4, -0.2) is 53.7 Å². The third kappa shape index (κ3) is 4.44. The van der Waals surface area contributed by atoms with Gasteiger partial charge in [-0.05, 0) is 79.7 Å². The first-order valence-corrected chi connectivity index (χ1v) is 15.6. The van der Waals surface area contributed by atoms with Crippen molar-refractivity contribution in [1.29, 1.82) is 0 Å². The van der Waals surface area contributed by atoms with E-state index in [1.807, 2.05) is 49.4 Å². The number of aromatic nitrogens is 5. The lowest BCUT2D eigenvalue weighted by molar-refractivity contribution is 0.101. The number of carbonyl (C=O) groups is 1. The van der Waals surface area contributed by atoms with Gasteiger partial charge in [-0.1, -0.05) is 12.1 Å². The molecule has 4 heterocycles. The Kier molecular flexibility index (Phi) is 6.70. The Balaban J connectivity index is 1.19. The minimum atomic E-state index is -0.512. The maximum Gasteiger partial charge on any atom is 0.333 e. The fourth-order valence-electron chi connectivity index (χ4n) is 6.64. The molecule has 0 fully saturated rings. The van der Waals surface area contributed by atoms with Crippen LogP contribution < -0.4 is 20.9 Å². The number of nitrogens with one attached hydrogen (secondary N) is 1. The second-order valence-electron chi connectivity index (χ2n) is 11.8. The molecule has 1 aliphatic rings. The van der Waals surface area contributed by atoms with Crippen molar-refractivity contribution in [3.8, 4) is 40.0 Å². The van der Waals surface area contributed by atoms with Gasteiger partial charge >= 0.3 is 11.4 Å². The summed E-state index contributed by atoms with van der Waals surface area (Å²) in [6, 6.07) is 25.3. The van der Waals surface area contributed by atoms with E-state index in [1.54, 1.807) is 72.8 Å². The van der Waals surface area contributed by atoms with Crippen molar-refractivity contribution in [3.05, 3.63) is 123 Å². The topological polar surface area (TPSA) is 138 Å². The number of H-pyrrole nitrogens is 1. The largest absolute Gasteiger partial charge is 0.497 e. The molecule has 7 aromatic rings. The first-order valence-electron chi connectivity index (χ1n) is 15.6. The minimum Gasteiger partial charge on any atom is -0.497 e. The average Bonchev–Trinajstić information content (AvgIpc) is 3.80.